The highest BCUT2D eigenvalue weighted by molar-refractivity contribution is 7.89. The van der Waals surface area contributed by atoms with Crippen LogP contribution in [0.3, 0.4) is 0 Å². The summed E-state index contributed by atoms with van der Waals surface area (Å²) < 4.78 is 33.3. The van der Waals surface area contributed by atoms with Gasteiger partial charge in [-0.1, -0.05) is 41.4 Å². The molecule has 0 saturated carbocycles. The molecule has 8 heteroatoms. The van der Waals surface area contributed by atoms with Crippen LogP contribution in [0.5, 0.6) is 5.75 Å². The van der Waals surface area contributed by atoms with E-state index < -0.39 is 10.0 Å². The topological polar surface area (TPSA) is 75.7 Å². The molecule has 0 spiro atoms. The van der Waals surface area contributed by atoms with Crippen molar-refractivity contribution in [3.8, 4) is 5.75 Å². The van der Waals surface area contributed by atoms with Crippen LogP contribution in [0.25, 0.3) is 0 Å². The molecule has 4 rings (SSSR count). The molecule has 0 aliphatic carbocycles. The number of halogens is 1. The fourth-order valence-electron chi connectivity index (χ4n) is 3.46. The van der Waals surface area contributed by atoms with Gasteiger partial charge in [0, 0.05) is 35.8 Å². The van der Waals surface area contributed by atoms with Gasteiger partial charge >= 0.3 is 0 Å². The lowest BCUT2D eigenvalue weighted by atomic mass is 10.1. The number of nitrogens with one attached hydrogen (secondary N) is 1. The van der Waals surface area contributed by atoms with Crippen LogP contribution in [0, 0.1) is 6.92 Å². The largest absolute Gasteiger partial charge is 0.492 e. The summed E-state index contributed by atoms with van der Waals surface area (Å²) in [5.74, 6) is 0.346. The number of rotatable bonds is 5. The van der Waals surface area contributed by atoms with Gasteiger partial charge in [0.25, 0.3) is 5.91 Å². The van der Waals surface area contributed by atoms with Crippen molar-refractivity contribution >= 4 is 27.5 Å². The number of ether oxygens (including phenoxy) is 1. The molecule has 0 saturated heterocycles. The van der Waals surface area contributed by atoms with Crippen molar-refractivity contribution in [1.29, 1.82) is 0 Å². The lowest BCUT2D eigenvalue weighted by Crippen LogP contribution is -2.32. The quantitative estimate of drug-likeness (QED) is 0.607. The Morgan fingerprint density at radius 2 is 1.78 bits per heavy atom. The van der Waals surface area contributed by atoms with E-state index in [-0.39, 0.29) is 30.5 Å². The predicted octanol–water partition coefficient (Wildman–Crippen LogP) is 4.16. The van der Waals surface area contributed by atoms with E-state index in [1.807, 2.05) is 31.2 Å². The Bertz CT molecular complexity index is 1230. The first-order valence-electron chi connectivity index (χ1n) is 10.2. The number of aryl methyl sites for hydroxylation is 1. The molecule has 0 fully saturated rings. The van der Waals surface area contributed by atoms with Crippen molar-refractivity contribution < 1.29 is 17.9 Å². The van der Waals surface area contributed by atoms with Gasteiger partial charge in [0.2, 0.25) is 10.0 Å². The van der Waals surface area contributed by atoms with Crippen molar-refractivity contribution in [2.75, 3.05) is 13.2 Å². The highest BCUT2D eigenvalue weighted by Crippen LogP contribution is 2.28. The molecule has 0 atom stereocenters. The SMILES string of the molecule is Cc1ccc(CNC(=O)c2ccc3c(c2)CN(S(=O)(=O)c2ccc(Cl)cc2)CCO3)cc1. The second kappa shape index (κ2) is 9.32. The van der Waals surface area contributed by atoms with E-state index in [4.69, 9.17) is 16.3 Å². The van der Waals surface area contributed by atoms with Gasteiger partial charge < -0.3 is 10.1 Å². The van der Waals surface area contributed by atoms with Crippen LogP contribution < -0.4 is 10.1 Å². The Kier molecular flexibility index (Phi) is 6.50. The molecular weight excluding hydrogens is 448 g/mol. The highest BCUT2D eigenvalue weighted by Gasteiger charge is 2.28. The fourth-order valence-corrected chi connectivity index (χ4v) is 4.99. The monoisotopic (exact) mass is 470 g/mol. The smallest absolute Gasteiger partial charge is 0.251 e. The first-order valence-corrected chi connectivity index (χ1v) is 12.0. The van der Waals surface area contributed by atoms with Crippen LogP contribution in [-0.2, 0) is 23.1 Å². The van der Waals surface area contributed by atoms with Crippen LogP contribution in [0.2, 0.25) is 5.02 Å². The molecule has 32 heavy (non-hydrogen) atoms. The summed E-state index contributed by atoms with van der Waals surface area (Å²) in [4.78, 5) is 12.9. The lowest BCUT2D eigenvalue weighted by Gasteiger charge is -2.19. The maximum Gasteiger partial charge on any atom is 0.251 e. The number of carbonyl (C=O) groups is 1. The van der Waals surface area contributed by atoms with Crippen molar-refractivity contribution in [1.82, 2.24) is 9.62 Å². The third kappa shape index (κ3) is 4.96. The first kappa shape index (κ1) is 22.3. The second-order valence-corrected chi connectivity index (χ2v) is 10.0. The van der Waals surface area contributed by atoms with E-state index in [9.17, 15) is 13.2 Å². The summed E-state index contributed by atoms with van der Waals surface area (Å²) in [5.41, 5.74) is 3.25. The van der Waals surface area contributed by atoms with Gasteiger partial charge in [-0.05, 0) is 55.0 Å². The van der Waals surface area contributed by atoms with Crippen LogP contribution in [0.4, 0.5) is 0 Å². The molecule has 1 amide bonds. The Hall–Kier alpha value is -2.87. The van der Waals surface area contributed by atoms with E-state index in [1.165, 1.54) is 16.4 Å². The Labute approximate surface area is 192 Å². The standard InChI is InChI=1S/C24H23ClN2O4S/c1-17-2-4-18(5-3-17)15-26-24(28)19-6-11-23-20(14-19)16-27(12-13-31-23)32(29,30)22-9-7-21(25)8-10-22/h2-11,14H,12-13,15-16H2,1H3,(H,26,28). The number of fused-ring (bicyclic) bond motifs is 1. The van der Waals surface area contributed by atoms with E-state index in [0.717, 1.165) is 11.1 Å². The number of carbonyl (C=O) groups excluding carboxylic acids is 1. The van der Waals surface area contributed by atoms with Gasteiger partial charge in [0.05, 0.1) is 4.90 Å². The van der Waals surface area contributed by atoms with Gasteiger partial charge in [-0.3, -0.25) is 4.79 Å². The number of hydrogen-bond acceptors (Lipinski definition) is 4. The van der Waals surface area contributed by atoms with Crippen molar-refractivity contribution in [3.05, 3.63) is 94.0 Å². The molecule has 6 nitrogen and oxygen atoms in total. The number of nitrogens with zero attached hydrogens (tertiary/aromatic N) is 1. The molecule has 166 valence electrons. The zero-order chi connectivity index (χ0) is 22.7. The van der Waals surface area contributed by atoms with Gasteiger partial charge in [-0.2, -0.15) is 4.31 Å². The summed E-state index contributed by atoms with van der Waals surface area (Å²) in [6.07, 6.45) is 0. The van der Waals surface area contributed by atoms with Crippen LogP contribution in [0.15, 0.2) is 71.6 Å². The van der Waals surface area contributed by atoms with E-state index in [2.05, 4.69) is 5.32 Å². The summed E-state index contributed by atoms with van der Waals surface area (Å²) in [6.45, 7) is 2.95. The minimum Gasteiger partial charge on any atom is -0.492 e. The molecule has 1 heterocycles. The molecule has 0 bridgehead atoms. The van der Waals surface area contributed by atoms with E-state index in [1.54, 1.807) is 30.3 Å². The van der Waals surface area contributed by atoms with Crippen LogP contribution in [-0.4, -0.2) is 31.8 Å². The summed E-state index contributed by atoms with van der Waals surface area (Å²) >= 11 is 5.89. The Morgan fingerprint density at radius 1 is 1.06 bits per heavy atom. The minimum atomic E-state index is -3.73. The number of hydrogen-bond donors (Lipinski definition) is 1. The molecule has 3 aromatic carbocycles. The van der Waals surface area contributed by atoms with Crippen molar-refractivity contribution in [2.24, 2.45) is 0 Å². The molecule has 0 radical (unpaired) electrons. The van der Waals surface area contributed by atoms with E-state index >= 15 is 0 Å². The van der Waals surface area contributed by atoms with Gasteiger partial charge in [-0.25, -0.2) is 8.42 Å². The Balaban J connectivity index is 1.52. The maximum absolute atomic E-state index is 13.1. The minimum absolute atomic E-state index is 0.110. The third-order valence-corrected chi connectivity index (χ3v) is 7.40. The number of sulfonamides is 1. The molecular formula is C24H23ClN2O4S. The fraction of sp³-hybridized carbons (Fsp3) is 0.208. The van der Waals surface area contributed by atoms with Gasteiger partial charge in [0.15, 0.2) is 0 Å². The zero-order valence-electron chi connectivity index (χ0n) is 17.5. The van der Waals surface area contributed by atoms with Crippen LogP contribution in [0.1, 0.15) is 27.0 Å². The molecule has 1 aliphatic rings. The van der Waals surface area contributed by atoms with Crippen molar-refractivity contribution in [3.63, 3.8) is 0 Å². The van der Waals surface area contributed by atoms with E-state index in [0.29, 0.717) is 28.4 Å². The molecule has 0 aromatic heterocycles. The van der Waals surface area contributed by atoms with Crippen LogP contribution >= 0.6 is 11.6 Å². The van der Waals surface area contributed by atoms with Crippen molar-refractivity contribution in [2.45, 2.75) is 24.9 Å². The zero-order valence-corrected chi connectivity index (χ0v) is 19.1. The first-order chi connectivity index (χ1) is 15.3. The predicted molar refractivity (Wildman–Crippen MR) is 123 cm³/mol. The molecule has 3 aromatic rings. The van der Waals surface area contributed by atoms with Gasteiger partial charge in [0.1, 0.15) is 12.4 Å². The lowest BCUT2D eigenvalue weighted by molar-refractivity contribution is 0.0950. The molecule has 0 unspecified atom stereocenters. The average Bonchev–Trinajstić information content (AvgIpc) is 3.01. The second-order valence-electron chi connectivity index (χ2n) is 7.63. The number of amides is 1. The summed E-state index contributed by atoms with van der Waals surface area (Å²) in [6, 6.07) is 19.1. The molecule has 1 aliphatic heterocycles. The third-order valence-electron chi connectivity index (χ3n) is 5.29. The molecule has 1 N–H and O–H groups in total. The Morgan fingerprint density at radius 3 is 2.50 bits per heavy atom. The highest BCUT2D eigenvalue weighted by atomic mass is 35.5. The van der Waals surface area contributed by atoms with Gasteiger partial charge in [-0.15, -0.1) is 0 Å². The summed E-state index contributed by atoms with van der Waals surface area (Å²) in [7, 11) is -3.73. The maximum atomic E-state index is 13.1. The normalized spacial score (nSPS) is 14.2. The average molecular weight is 471 g/mol. The summed E-state index contributed by atoms with van der Waals surface area (Å²) in [5, 5.41) is 3.37. The number of benzene rings is 3.